The maximum atomic E-state index is 5.62. The standard InChI is InChI=1S/C56H51N3.C10H9N.C2H6/c1-4-19-52(6-3)57-42-18-28-55(40-33-47-29-34-48-24-13-15-26-50(48)43-47)59(54(20-5-2)37-30-45-21-11-9-12-22-45)56-38-31-46(32-39-56)23-10-7-8-17-41-58-53-36-35-49-25-14-16-27-51(49)44-53;11-10-6-5-8-3-1-2-4-9(8)7-10;1-2/h4-44,57-58H,2H2,1,3H3;1-7H,11H2;1-2H3/b8-7-,19-4-,23-10-,37-30-,40-33-,41-17+,42-18+,52-6+,54-20+,55-28+;;. The Morgan fingerprint density at radius 2 is 1.01 bits per heavy atom. The second kappa shape index (κ2) is 29.0. The van der Waals surface area contributed by atoms with Crippen molar-refractivity contribution in [3.8, 4) is 0 Å². The second-order valence-corrected chi connectivity index (χ2v) is 16.2. The first kappa shape index (κ1) is 52.3. The molecule has 0 aliphatic rings. The average molecular weight is 939 g/mol. The smallest absolute Gasteiger partial charge is 0.0462 e. The maximum absolute atomic E-state index is 5.62. The van der Waals surface area contributed by atoms with Crippen molar-refractivity contribution in [3.05, 3.63) is 314 Å². The van der Waals surface area contributed by atoms with Gasteiger partial charge in [-0.2, -0.15) is 0 Å². The van der Waals surface area contributed by atoms with E-state index in [4.69, 9.17) is 5.73 Å². The predicted molar refractivity (Wildman–Crippen MR) is 319 cm³/mol. The molecular weight excluding hydrogens is 873 g/mol. The molecule has 0 radical (unpaired) electrons. The fraction of sp³-hybridized carbons (Fsp3) is 0.0588. The highest BCUT2D eigenvalue weighted by molar-refractivity contribution is 5.87. The van der Waals surface area contributed by atoms with Gasteiger partial charge in [0.25, 0.3) is 0 Å². The predicted octanol–water partition coefficient (Wildman–Crippen LogP) is 18.4. The largest absolute Gasteiger partial charge is 0.399 e. The normalized spacial score (nSPS) is 12.4. The molecule has 8 rings (SSSR count). The highest BCUT2D eigenvalue weighted by atomic mass is 15.1. The van der Waals surface area contributed by atoms with E-state index < -0.39 is 0 Å². The van der Waals surface area contributed by atoms with Gasteiger partial charge in [-0.25, -0.2) is 0 Å². The SMILES string of the molecule is C=C/C=C(\C=C/c1ccccc1)N(C(/C=C\c1ccc2ccccc2c1)=C/C=C/NC(/C=C\C)=C/C)c1ccc(\C=C/C=C\C=C\Nc2ccc3ccccc3c2)cc1.CC.Nc1ccc2ccccc2c1. The Bertz CT molecular complexity index is 3300. The summed E-state index contributed by atoms with van der Waals surface area (Å²) in [7, 11) is 0. The van der Waals surface area contributed by atoms with Crippen LogP contribution in [0.25, 0.3) is 50.5 Å². The second-order valence-electron chi connectivity index (χ2n) is 16.2. The molecule has 0 saturated carbocycles. The first-order valence-corrected chi connectivity index (χ1v) is 24.5. The van der Waals surface area contributed by atoms with Crippen molar-refractivity contribution >= 4 is 67.6 Å². The van der Waals surface area contributed by atoms with Gasteiger partial charge >= 0.3 is 0 Å². The van der Waals surface area contributed by atoms with Crippen LogP contribution in [0.1, 0.15) is 44.4 Å². The number of nitrogens with zero attached hydrogens (tertiary/aromatic N) is 1. The molecule has 0 aliphatic heterocycles. The van der Waals surface area contributed by atoms with Crippen molar-refractivity contribution in [2.75, 3.05) is 16.0 Å². The number of anilines is 3. The average Bonchev–Trinajstić information content (AvgIpc) is 3.43. The highest BCUT2D eigenvalue weighted by Crippen LogP contribution is 2.29. The van der Waals surface area contributed by atoms with Gasteiger partial charge in [0, 0.05) is 46.6 Å². The summed E-state index contributed by atoms with van der Waals surface area (Å²) in [6, 6.07) is 62.8. The van der Waals surface area contributed by atoms with E-state index in [0.29, 0.717) is 0 Å². The van der Waals surface area contributed by atoms with Crippen molar-refractivity contribution in [1.29, 1.82) is 0 Å². The molecule has 0 bridgehead atoms. The molecule has 8 aromatic rings. The molecule has 0 aromatic heterocycles. The minimum absolute atomic E-state index is 0.823. The number of nitrogens with two attached hydrogens (primary N) is 1. The van der Waals surface area contributed by atoms with Crippen LogP contribution in [0.2, 0.25) is 0 Å². The molecule has 8 aromatic carbocycles. The molecular formula is C68H66N4. The Balaban J connectivity index is 0.000000565. The minimum Gasteiger partial charge on any atom is -0.399 e. The molecule has 4 N–H and O–H groups in total. The number of nitrogens with one attached hydrogen (secondary N) is 2. The quantitative estimate of drug-likeness (QED) is 0.0629. The topological polar surface area (TPSA) is 53.3 Å². The summed E-state index contributed by atoms with van der Waals surface area (Å²) in [4.78, 5) is 2.26. The lowest BCUT2D eigenvalue weighted by molar-refractivity contribution is 1.10. The molecule has 0 saturated heterocycles. The molecule has 0 fully saturated rings. The summed E-state index contributed by atoms with van der Waals surface area (Å²) in [5, 5.41) is 14.1. The van der Waals surface area contributed by atoms with Crippen LogP contribution < -0.4 is 21.3 Å². The van der Waals surface area contributed by atoms with Gasteiger partial charge in [0.05, 0.1) is 0 Å². The zero-order valence-corrected chi connectivity index (χ0v) is 41.9. The van der Waals surface area contributed by atoms with Crippen molar-refractivity contribution in [2.45, 2.75) is 27.7 Å². The lowest BCUT2D eigenvalue weighted by atomic mass is 10.1. The molecule has 0 heterocycles. The first-order chi connectivity index (χ1) is 35.5. The Kier molecular flexibility index (Phi) is 21.1. The third-order valence-electron chi connectivity index (χ3n) is 11.2. The minimum atomic E-state index is 0.823. The molecule has 0 atom stereocenters. The Morgan fingerprint density at radius 1 is 0.472 bits per heavy atom. The molecule has 72 heavy (non-hydrogen) atoms. The van der Waals surface area contributed by atoms with E-state index in [1.807, 2.05) is 131 Å². The Labute approximate surface area is 428 Å². The number of rotatable bonds is 17. The lowest BCUT2D eigenvalue weighted by Crippen LogP contribution is -2.20. The summed E-state index contributed by atoms with van der Waals surface area (Å²) in [5.74, 6) is 0. The Hall–Kier alpha value is -9.12. The van der Waals surface area contributed by atoms with Crippen LogP contribution in [0.15, 0.2) is 297 Å². The van der Waals surface area contributed by atoms with Gasteiger partial charge in [-0.3, -0.25) is 0 Å². The van der Waals surface area contributed by atoms with Gasteiger partial charge in [-0.1, -0.05) is 215 Å². The van der Waals surface area contributed by atoms with E-state index in [1.165, 1.54) is 32.3 Å². The van der Waals surface area contributed by atoms with Crippen molar-refractivity contribution < 1.29 is 0 Å². The molecule has 4 heteroatoms. The number of hydrogen-bond donors (Lipinski definition) is 3. The zero-order valence-electron chi connectivity index (χ0n) is 41.9. The van der Waals surface area contributed by atoms with Gasteiger partial charge in [0.1, 0.15) is 0 Å². The zero-order chi connectivity index (χ0) is 50.6. The fourth-order valence-corrected chi connectivity index (χ4v) is 7.63. The van der Waals surface area contributed by atoms with E-state index in [2.05, 4.69) is 210 Å². The number of nitrogen functional groups attached to an aromatic ring is 1. The molecule has 0 spiro atoms. The van der Waals surface area contributed by atoms with Gasteiger partial charge in [-0.05, 0) is 148 Å². The van der Waals surface area contributed by atoms with Crippen LogP contribution in [0.4, 0.5) is 17.1 Å². The first-order valence-electron chi connectivity index (χ1n) is 24.5. The summed E-state index contributed by atoms with van der Waals surface area (Å²) >= 11 is 0. The van der Waals surface area contributed by atoms with Crippen LogP contribution in [0.5, 0.6) is 0 Å². The van der Waals surface area contributed by atoms with Crippen LogP contribution in [0, 0.1) is 0 Å². The van der Waals surface area contributed by atoms with Crippen LogP contribution in [-0.2, 0) is 0 Å². The fourth-order valence-electron chi connectivity index (χ4n) is 7.63. The number of benzene rings is 8. The molecule has 0 unspecified atom stereocenters. The van der Waals surface area contributed by atoms with E-state index in [9.17, 15) is 0 Å². The van der Waals surface area contributed by atoms with Crippen molar-refractivity contribution in [2.24, 2.45) is 0 Å². The van der Waals surface area contributed by atoms with Gasteiger partial charge in [0.15, 0.2) is 0 Å². The van der Waals surface area contributed by atoms with E-state index in [-0.39, 0.29) is 0 Å². The molecule has 0 aliphatic carbocycles. The number of hydrogen-bond acceptors (Lipinski definition) is 4. The van der Waals surface area contributed by atoms with Gasteiger partial charge < -0.3 is 21.3 Å². The molecule has 0 amide bonds. The number of fused-ring (bicyclic) bond motifs is 3. The van der Waals surface area contributed by atoms with Crippen LogP contribution in [-0.4, -0.2) is 0 Å². The van der Waals surface area contributed by atoms with Crippen LogP contribution in [0.3, 0.4) is 0 Å². The maximum Gasteiger partial charge on any atom is 0.0462 e. The number of allylic oxidation sites excluding steroid dienone is 13. The molecule has 4 nitrogen and oxygen atoms in total. The van der Waals surface area contributed by atoms with Crippen molar-refractivity contribution in [3.63, 3.8) is 0 Å². The summed E-state index contributed by atoms with van der Waals surface area (Å²) in [6.07, 6.45) is 36.9. The third-order valence-corrected chi connectivity index (χ3v) is 11.2. The lowest BCUT2D eigenvalue weighted by Gasteiger charge is -2.27. The van der Waals surface area contributed by atoms with Crippen molar-refractivity contribution in [1.82, 2.24) is 5.32 Å². The molecule has 358 valence electrons. The Morgan fingerprint density at radius 3 is 1.67 bits per heavy atom. The highest BCUT2D eigenvalue weighted by Gasteiger charge is 2.14. The van der Waals surface area contributed by atoms with Crippen LogP contribution >= 0.6 is 0 Å². The van der Waals surface area contributed by atoms with E-state index in [0.717, 1.165) is 50.8 Å². The summed E-state index contributed by atoms with van der Waals surface area (Å²) in [6.45, 7) is 12.1. The third kappa shape index (κ3) is 16.3. The monoisotopic (exact) mass is 939 g/mol. The van der Waals surface area contributed by atoms with Gasteiger partial charge in [-0.15, -0.1) is 0 Å². The summed E-state index contributed by atoms with van der Waals surface area (Å²) in [5.41, 5.74) is 14.8. The van der Waals surface area contributed by atoms with E-state index >= 15 is 0 Å². The van der Waals surface area contributed by atoms with E-state index in [1.54, 1.807) is 0 Å². The summed E-state index contributed by atoms with van der Waals surface area (Å²) < 4.78 is 0. The van der Waals surface area contributed by atoms with Gasteiger partial charge in [0.2, 0.25) is 0 Å².